The zero-order valence-electron chi connectivity index (χ0n) is 10.8. The number of hydrogen-bond acceptors (Lipinski definition) is 3. The van der Waals surface area contributed by atoms with Crippen molar-refractivity contribution in [3.05, 3.63) is 70.8 Å². The van der Waals surface area contributed by atoms with Crippen LogP contribution in [0.5, 0.6) is 0 Å². The molecule has 2 aromatic heterocycles. The highest BCUT2D eigenvalue weighted by Gasteiger charge is 2.12. The number of pyridine rings is 1. The van der Waals surface area contributed by atoms with Gasteiger partial charge in [-0.3, -0.25) is 14.3 Å². The lowest BCUT2D eigenvalue weighted by Crippen LogP contribution is -2.24. The van der Waals surface area contributed by atoms with Gasteiger partial charge in [0.15, 0.2) is 0 Å². The highest BCUT2D eigenvalue weighted by Crippen LogP contribution is 2.17. The van der Waals surface area contributed by atoms with Crippen molar-refractivity contribution in [1.82, 2.24) is 14.5 Å². The number of hydrogen-bond donors (Lipinski definition) is 0. The standard InChI is InChI=1S/C15H12FN3O/c1-10(11-2-4-12(16)5-3-11)19-9-18-14-6-7-17-8-13(14)15(19)20/h2-10H,1H3. The molecule has 1 atom stereocenters. The maximum absolute atomic E-state index is 13.0. The number of fused-ring (bicyclic) bond motifs is 1. The lowest BCUT2D eigenvalue weighted by Gasteiger charge is -2.15. The van der Waals surface area contributed by atoms with Crippen LogP contribution in [0.15, 0.2) is 53.8 Å². The number of aromatic nitrogens is 3. The average Bonchev–Trinajstić information content (AvgIpc) is 2.48. The Morgan fingerprint density at radius 3 is 2.70 bits per heavy atom. The van der Waals surface area contributed by atoms with E-state index in [1.165, 1.54) is 29.2 Å². The van der Waals surface area contributed by atoms with Crippen LogP contribution in [0, 0.1) is 5.82 Å². The molecule has 3 rings (SSSR count). The summed E-state index contributed by atoms with van der Waals surface area (Å²) in [4.78, 5) is 20.6. The van der Waals surface area contributed by atoms with Crippen LogP contribution in [0.4, 0.5) is 4.39 Å². The Labute approximate surface area is 114 Å². The predicted molar refractivity (Wildman–Crippen MR) is 74.0 cm³/mol. The molecule has 0 saturated heterocycles. The first-order valence-corrected chi connectivity index (χ1v) is 6.23. The van der Waals surface area contributed by atoms with E-state index in [-0.39, 0.29) is 17.4 Å². The molecule has 4 nitrogen and oxygen atoms in total. The van der Waals surface area contributed by atoms with Crippen molar-refractivity contribution < 1.29 is 4.39 Å². The van der Waals surface area contributed by atoms with Gasteiger partial charge in [-0.1, -0.05) is 12.1 Å². The molecule has 0 fully saturated rings. The van der Waals surface area contributed by atoms with Gasteiger partial charge in [0, 0.05) is 12.4 Å². The van der Waals surface area contributed by atoms with E-state index in [9.17, 15) is 9.18 Å². The van der Waals surface area contributed by atoms with Gasteiger partial charge >= 0.3 is 0 Å². The normalized spacial score (nSPS) is 12.5. The minimum atomic E-state index is -0.297. The van der Waals surface area contributed by atoms with Crippen molar-refractivity contribution in [3.63, 3.8) is 0 Å². The summed E-state index contributed by atoms with van der Waals surface area (Å²) >= 11 is 0. The molecule has 5 heteroatoms. The minimum absolute atomic E-state index is 0.153. The summed E-state index contributed by atoms with van der Waals surface area (Å²) in [5.41, 5.74) is 1.31. The average molecular weight is 269 g/mol. The summed E-state index contributed by atoms with van der Waals surface area (Å²) in [5.74, 6) is -0.297. The van der Waals surface area contributed by atoms with Gasteiger partial charge in [-0.05, 0) is 30.7 Å². The highest BCUT2D eigenvalue weighted by molar-refractivity contribution is 5.75. The minimum Gasteiger partial charge on any atom is -0.291 e. The molecule has 0 N–H and O–H groups in total. The second-order valence-electron chi connectivity index (χ2n) is 4.58. The Morgan fingerprint density at radius 2 is 1.95 bits per heavy atom. The van der Waals surface area contributed by atoms with Crippen molar-refractivity contribution in [1.29, 1.82) is 0 Å². The fourth-order valence-corrected chi connectivity index (χ4v) is 2.16. The molecule has 1 aromatic carbocycles. The van der Waals surface area contributed by atoms with E-state index in [2.05, 4.69) is 9.97 Å². The van der Waals surface area contributed by atoms with Gasteiger partial charge in [0.2, 0.25) is 0 Å². The number of halogens is 1. The molecule has 0 aliphatic carbocycles. The van der Waals surface area contributed by atoms with E-state index in [4.69, 9.17) is 0 Å². The quantitative estimate of drug-likeness (QED) is 0.718. The molecule has 1 unspecified atom stereocenters. The number of nitrogens with zero attached hydrogens (tertiary/aromatic N) is 3. The second kappa shape index (κ2) is 4.85. The molecule has 0 aliphatic rings. The summed E-state index contributed by atoms with van der Waals surface area (Å²) < 4.78 is 14.5. The molecule has 100 valence electrons. The van der Waals surface area contributed by atoms with Crippen LogP contribution in [-0.2, 0) is 0 Å². The van der Waals surface area contributed by atoms with Crippen molar-refractivity contribution >= 4 is 10.9 Å². The Balaban J connectivity index is 2.12. The molecule has 0 bridgehead atoms. The van der Waals surface area contributed by atoms with Gasteiger partial charge in [0.25, 0.3) is 5.56 Å². The van der Waals surface area contributed by atoms with Crippen molar-refractivity contribution in [2.45, 2.75) is 13.0 Å². The Bertz CT molecular complexity index is 811. The summed E-state index contributed by atoms with van der Waals surface area (Å²) in [6, 6.07) is 7.57. The highest BCUT2D eigenvalue weighted by atomic mass is 19.1. The largest absolute Gasteiger partial charge is 0.291 e. The van der Waals surface area contributed by atoms with Crippen LogP contribution >= 0.6 is 0 Å². The van der Waals surface area contributed by atoms with Crippen molar-refractivity contribution in [3.8, 4) is 0 Å². The summed E-state index contributed by atoms with van der Waals surface area (Å²) in [6.07, 6.45) is 4.62. The van der Waals surface area contributed by atoms with Crippen LogP contribution < -0.4 is 5.56 Å². The molecule has 2 heterocycles. The van der Waals surface area contributed by atoms with Gasteiger partial charge in [0.05, 0.1) is 23.3 Å². The van der Waals surface area contributed by atoms with Crippen LogP contribution in [0.3, 0.4) is 0 Å². The fraction of sp³-hybridized carbons (Fsp3) is 0.133. The number of rotatable bonds is 2. The molecule has 20 heavy (non-hydrogen) atoms. The van der Waals surface area contributed by atoms with E-state index < -0.39 is 0 Å². The second-order valence-corrected chi connectivity index (χ2v) is 4.58. The van der Waals surface area contributed by atoms with E-state index in [0.717, 1.165) is 5.56 Å². The zero-order chi connectivity index (χ0) is 14.1. The summed E-state index contributed by atoms with van der Waals surface area (Å²) in [6.45, 7) is 1.87. The molecule has 0 radical (unpaired) electrons. The van der Waals surface area contributed by atoms with Gasteiger partial charge in [-0.25, -0.2) is 9.37 Å². The SMILES string of the molecule is CC(c1ccc(F)cc1)n1cnc2ccncc2c1=O. The molecule has 0 amide bonds. The maximum Gasteiger partial charge on any atom is 0.263 e. The Hall–Kier alpha value is -2.56. The zero-order valence-corrected chi connectivity index (χ0v) is 10.8. The number of benzene rings is 1. The third kappa shape index (κ3) is 2.07. The smallest absolute Gasteiger partial charge is 0.263 e. The molecule has 0 saturated carbocycles. The maximum atomic E-state index is 13.0. The third-order valence-electron chi connectivity index (χ3n) is 3.35. The van der Waals surface area contributed by atoms with Crippen LogP contribution in [0.1, 0.15) is 18.5 Å². The molecule has 3 aromatic rings. The van der Waals surface area contributed by atoms with Crippen molar-refractivity contribution in [2.24, 2.45) is 0 Å². The van der Waals surface area contributed by atoms with Gasteiger partial charge in [-0.2, -0.15) is 0 Å². The third-order valence-corrected chi connectivity index (χ3v) is 3.35. The molecule has 0 aliphatic heterocycles. The topological polar surface area (TPSA) is 47.8 Å². The van der Waals surface area contributed by atoms with E-state index in [0.29, 0.717) is 10.9 Å². The van der Waals surface area contributed by atoms with E-state index in [1.807, 2.05) is 6.92 Å². The molecular formula is C15H12FN3O. The van der Waals surface area contributed by atoms with E-state index >= 15 is 0 Å². The van der Waals surface area contributed by atoms with Gasteiger partial charge in [-0.15, -0.1) is 0 Å². The first-order valence-electron chi connectivity index (χ1n) is 6.23. The van der Waals surface area contributed by atoms with Crippen LogP contribution in [-0.4, -0.2) is 14.5 Å². The van der Waals surface area contributed by atoms with E-state index in [1.54, 1.807) is 24.4 Å². The first kappa shape index (κ1) is 12.5. The first-order chi connectivity index (χ1) is 9.66. The Morgan fingerprint density at radius 1 is 1.20 bits per heavy atom. The molecular weight excluding hydrogens is 257 g/mol. The lowest BCUT2D eigenvalue weighted by atomic mass is 10.1. The lowest BCUT2D eigenvalue weighted by molar-refractivity contribution is 0.599. The monoisotopic (exact) mass is 269 g/mol. The summed E-state index contributed by atoms with van der Waals surface area (Å²) in [5, 5.41) is 0.476. The van der Waals surface area contributed by atoms with Gasteiger partial charge < -0.3 is 0 Å². The predicted octanol–water partition coefficient (Wildman–Crippen LogP) is 2.54. The molecule has 0 spiro atoms. The summed E-state index contributed by atoms with van der Waals surface area (Å²) in [7, 11) is 0. The van der Waals surface area contributed by atoms with Gasteiger partial charge in [0.1, 0.15) is 5.82 Å². The Kier molecular flexibility index (Phi) is 3.02. The van der Waals surface area contributed by atoms with Crippen LogP contribution in [0.25, 0.3) is 10.9 Å². The van der Waals surface area contributed by atoms with Crippen LogP contribution in [0.2, 0.25) is 0 Å². The van der Waals surface area contributed by atoms with Crippen molar-refractivity contribution in [2.75, 3.05) is 0 Å². The fourth-order valence-electron chi connectivity index (χ4n) is 2.16.